The first-order valence-corrected chi connectivity index (χ1v) is 21.3. The van der Waals surface area contributed by atoms with Crippen LogP contribution in [0.15, 0.2) is 241 Å². The van der Waals surface area contributed by atoms with Crippen LogP contribution in [-0.4, -0.2) is 0 Å². The van der Waals surface area contributed by atoms with Gasteiger partial charge in [-0.1, -0.05) is 200 Å². The lowest BCUT2D eigenvalue weighted by atomic mass is 9.89. The quantitative estimate of drug-likeness (QED) is 0.150. The van der Waals surface area contributed by atoms with Crippen molar-refractivity contribution in [1.29, 1.82) is 0 Å². The predicted octanol–water partition coefficient (Wildman–Crippen LogP) is 17.2. The second-order valence-electron chi connectivity index (χ2n) is 16.0. The molecule has 0 aliphatic heterocycles. The van der Waals surface area contributed by atoms with Crippen molar-refractivity contribution < 1.29 is 4.42 Å². The van der Waals surface area contributed by atoms with E-state index in [4.69, 9.17) is 4.42 Å². The van der Waals surface area contributed by atoms with E-state index in [1.54, 1.807) is 0 Å². The molecule has 0 aliphatic rings. The van der Waals surface area contributed by atoms with Gasteiger partial charge in [0.25, 0.3) is 0 Å². The lowest BCUT2D eigenvalue weighted by Gasteiger charge is -2.28. The molecule has 0 atom stereocenters. The summed E-state index contributed by atoms with van der Waals surface area (Å²) in [5, 5.41) is 9.34. The number of furan rings is 1. The van der Waals surface area contributed by atoms with Gasteiger partial charge in [-0.15, -0.1) is 0 Å². The van der Waals surface area contributed by atoms with E-state index < -0.39 is 0 Å². The molecule has 0 unspecified atom stereocenters. The van der Waals surface area contributed by atoms with Crippen LogP contribution in [0.3, 0.4) is 0 Å². The van der Waals surface area contributed by atoms with E-state index in [0.717, 1.165) is 72.0 Å². The van der Waals surface area contributed by atoms with Crippen molar-refractivity contribution in [3.05, 3.63) is 237 Å². The van der Waals surface area contributed by atoms with Crippen LogP contribution in [0.25, 0.3) is 98.8 Å². The Kier molecular flexibility index (Phi) is 8.53. The summed E-state index contributed by atoms with van der Waals surface area (Å²) in [5.74, 6) is 0. The molecule has 11 aromatic carbocycles. The van der Waals surface area contributed by atoms with Crippen LogP contribution in [0.5, 0.6) is 0 Å². The van der Waals surface area contributed by atoms with E-state index in [1.165, 1.54) is 43.8 Å². The lowest BCUT2D eigenvalue weighted by molar-refractivity contribution is 0.674. The van der Waals surface area contributed by atoms with Gasteiger partial charge in [-0.25, -0.2) is 0 Å². The van der Waals surface area contributed by atoms with Crippen molar-refractivity contribution in [2.45, 2.75) is 0 Å². The summed E-state index contributed by atoms with van der Waals surface area (Å²) < 4.78 is 7.19. The van der Waals surface area contributed by atoms with E-state index >= 15 is 0 Å². The van der Waals surface area contributed by atoms with Gasteiger partial charge in [0.15, 0.2) is 0 Å². The van der Waals surface area contributed by atoms with Crippen molar-refractivity contribution in [2.24, 2.45) is 0 Å². The minimum Gasteiger partial charge on any atom is -0.455 e. The molecule has 0 aliphatic carbocycles. The first-order valence-electron chi connectivity index (χ1n) is 21.3. The number of hydrogen-bond donors (Lipinski definition) is 0. The van der Waals surface area contributed by atoms with Crippen molar-refractivity contribution in [2.75, 3.05) is 4.90 Å². The van der Waals surface area contributed by atoms with Gasteiger partial charge in [0.2, 0.25) is 0 Å². The third-order valence-electron chi connectivity index (χ3n) is 12.5. The maximum atomic E-state index is 7.19. The molecule has 0 amide bonds. The van der Waals surface area contributed by atoms with Crippen molar-refractivity contribution >= 4 is 71.3 Å². The zero-order valence-electron chi connectivity index (χ0n) is 33.9. The summed E-state index contributed by atoms with van der Waals surface area (Å²) >= 11 is 0. The summed E-state index contributed by atoms with van der Waals surface area (Å²) in [5.41, 5.74) is 14.4. The van der Waals surface area contributed by atoms with E-state index in [-0.39, 0.29) is 0 Å². The molecule has 0 spiro atoms. The summed E-state index contributed by atoms with van der Waals surface area (Å²) in [6, 6.07) is 85.2. The second kappa shape index (κ2) is 14.8. The Morgan fingerprint density at radius 1 is 0.242 bits per heavy atom. The monoisotopic (exact) mass is 789 g/mol. The summed E-state index contributed by atoms with van der Waals surface area (Å²) in [6.07, 6.45) is 0. The normalized spacial score (nSPS) is 11.5. The number of rotatable bonds is 7. The Morgan fingerprint density at radius 3 is 1.24 bits per heavy atom. The standard InChI is InChI=1S/C60H39NO/c1-4-16-40(17-5-1)42-28-32-45(33-29-42)61(46-34-30-43(31-35-46)41-18-6-2-7-19-41)56-39-38-51(48-22-10-13-25-52(48)56)54-37-36-47(44-20-8-3-9-21-44)59-58(54)57-53-26-14-11-23-49(53)50-24-12-15-27-55(50)60(57)62-59/h1-39H. The Bertz CT molecular complexity index is 3510. The highest BCUT2D eigenvalue weighted by Gasteiger charge is 2.24. The number of anilines is 3. The second-order valence-corrected chi connectivity index (χ2v) is 16.0. The first-order chi connectivity index (χ1) is 30.8. The molecule has 2 nitrogen and oxygen atoms in total. The molecule has 2 heteroatoms. The fourth-order valence-electron chi connectivity index (χ4n) is 9.58. The average molecular weight is 790 g/mol. The fraction of sp³-hybridized carbons (Fsp3) is 0. The topological polar surface area (TPSA) is 16.4 Å². The zero-order chi connectivity index (χ0) is 41.0. The molecule has 1 aromatic heterocycles. The minimum absolute atomic E-state index is 0.900. The van der Waals surface area contributed by atoms with Crippen LogP contribution in [-0.2, 0) is 0 Å². The number of nitrogens with zero attached hydrogens (tertiary/aromatic N) is 1. The summed E-state index contributed by atoms with van der Waals surface area (Å²) in [4.78, 5) is 2.40. The molecular weight excluding hydrogens is 751 g/mol. The maximum absolute atomic E-state index is 7.19. The van der Waals surface area contributed by atoms with Crippen LogP contribution < -0.4 is 4.90 Å². The SMILES string of the molecule is c1ccc(-c2ccc(N(c3ccc(-c4ccccc4)cc3)c3ccc(-c4ccc(-c5ccccc5)c5oc6c7ccccc7c7ccccc7c6c45)c4ccccc34)cc2)cc1. The average Bonchev–Trinajstić information content (AvgIpc) is 3.77. The molecule has 0 saturated carbocycles. The Labute approximate surface area is 360 Å². The Balaban J connectivity index is 1.10. The van der Waals surface area contributed by atoms with Crippen LogP contribution >= 0.6 is 0 Å². The lowest BCUT2D eigenvalue weighted by Crippen LogP contribution is -2.10. The number of hydrogen-bond acceptors (Lipinski definition) is 2. The molecule has 0 radical (unpaired) electrons. The van der Waals surface area contributed by atoms with Gasteiger partial charge in [0.05, 0.1) is 5.69 Å². The van der Waals surface area contributed by atoms with Crippen LogP contribution in [0, 0.1) is 0 Å². The van der Waals surface area contributed by atoms with Gasteiger partial charge in [-0.05, 0) is 96.9 Å². The summed E-state index contributed by atoms with van der Waals surface area (Å²) in [7, 11) is 0. The fourth-order valence-corrected chi connectivity index (χ4v) is 9.58. The molecule has 62 heavy (non-hydrogen) atoms. The molecule has 0 fully saturated rings. The van der Waals surface area contributed by atoms with Crippen LogP contribution in [0.4, 0.5) is 17.1 Å². The molecular formula is C60H39NO. The molecule has 12 rings (SSSR count). The highest BCUT2D eigenvalue weighted by atomic mass is 16.3. The maximum Gasteiger partial charge on any atom is 0.143 e. The van der Waals surface area contributed by atoms with Gasteiger partial charge in [-0.3, -0.25) is 0 Å². The number of fused-ring (bicyclic) bond motifs is 9. The van der Waals surface area contributed by atoms with E-state index in [1.807, 2.05) is 0 Å². The molecule has 1 heterocycles. The largest absolute Gasteiger partial charge is 0.455 e. The highest BCUT2D eigenvalue weighted by molar-refractivity contribution is 6.33. The van der Waals surface area contributed by atoms with Gasteiger partial charge >= 0.3 is 0 Å². The Morgan fingerprint density at radius 2 is 0.661 bits per heavy atom. The van der Waals surface area contributed by atoms with Gasteiger partial charge in [0.1, 0.15) is 11.2 Å². The van der Waals surface area contributed by atoms with Crippen molar-refractivity contribution in [3.63, 3.8) is 0 Å². The number of benzene rings is 11. The zero-order valence-corrected chi connectivity index (χ0v) is 33.9. The van der Waals surface area contributed by atoms with Gasteiger partial charge in [0, 0.05) is 38.5 Å². The van der Waals surface area contributed by atoms with Crippen molar-refractivity contribution in [3.8, 4) is 44.5 Å². The predicted molar refractivity (Wildman–Crippen MR) is 263 cm³/mol. The summed E-state index contributed by atoms with van der Waals surface area (Å²) in [6.45, 7) is 0. The third kappa shape index (κ3) is 5.88. The first kappa shape index (κ1) is 35.7. The van der Waals surface area contributed by atoms with Gasteiger partial charge < -0.3 is 9.32 Å². The molecule has 0 saturated heterocycles. The molecule has 0 N–H and O–H groups in total. The van der Waals surface area contributed by atoms with E-state index in [0.29, 0.717) is 0 Å². The van der Waals surface area contributed by atoms with Crippen LogP contribution in [0.1, 0.15) is 0 Å². The molecule has 0 bridgehead atoms. The van der Waals surface area contributed by atoms with E-state index in [2.05, 4.69) is 241 Å². The van der Waals surface area contributed by atoms with E-state index in [9.17, 15) is 0 Å². The molecule has 290 valence electrons. The highest BCUT2D eigenvalue weighted by Crippen LogP contribution is 2.49. The third-order valence-corrected chi connectivity index (χ3v) is 12.5. The minimum atomic E-state index is 0.900. The Hall–Kier alpha value is -8.20. The van der Waals surface area contributed by atoms with Crippen LogP contribution in [0.2, 0.25) is 0 Å². The smallest absolute Gasteiger partial charge is 0.143 e. The molecule has 12 aromatic rings. The van der Waals surface area contributed by atoms with Gasteiger partial charge in [-0.2, -0.15) is 0 Å². The van der Waals surface area contributed by atoms with Crippen molar-refractivity contribution in [1.82, 2.24) is 0 Å².